The number of amides is 4. The Morgan fingerprint density at radius 1 is 0.972 bits per heavy atom. The van der Waals surface area contributed by atoms with Gasteiger partial charge >= 0.3 is 6.03 Å². The van der Waals surface area contributed by atoms with Crippen LogP contribution >= 0.6 is 43.5 Å². The average Bonchev–Trinajstić information content (AvgIpc) is 2.83. The van der Waals surface area contributed by atoms with Crippen molar-refractivity contribution in [1.82, 2.24) is 5.32 Å². The molecule has 1 heterocycles. The smallest absolute Gasteiger partial charge is 0.335 e. The van der Waals surface area contributed by atoms with Gasteiger partial charge in [0.05, 0.1) is 16.8 Å². The van der Waals surface area contributed by atoms with Crippen LogP contribution in [0, 0.1) is 0 Å². The number of urea groups is 1. The summed E-state index contributed by atoms with van der Waals surface area (Å²) in [5.41, 5.74) is 1.57. The molecule has 184 valence electrons. The Morgan fingerprint density at radius 2 is 1.67 bits per heavy atom. The number of nitrogens with one attached hydrogen (secondary N) is 1. The summed E-state index contributed by atoms with van der Waals surface area (Å²) >= 11 is 12.8. The van der Waals surface area contributed by atoms with Gasteiger partial charge in [0.15, 0.2) is 11.5 Å². The van der Waals surface area contributed by atoms with Gasteiger partial charge in [0.1, 0.15) is 12.2 Å². The van der Waals surface area contributed by atoms with Gasteiger partial charge in [-0.3, -0.25) is 14.9 Å². The molecule has 4 rings (SSSR count). The largest absolute Gasteiger partial charge is 0.490 e. The van der Waals surface area contributed by atoms with E-state index in [1.807, 2.05) is 19.1 Å². The lowest BCUT2D eigenvalue weighted by molar-refractivity contribution is -0.122. The van der Waals surface area contributed by atoms with Gasteiger partial charge < -0.3 is 9.47 Å². The molecule has 7 nitrogen and oxygen atoms in total. The Hall–Kier alpha value is -3.14. The lowest BCUT2D eigenvalue weighted by Crippen LogP contribution is -2.54. The summed E-state index contributed by atoms with van der Waals surface area (Å²) in [5, 5.41) is 2.85. The lowest BCUT2D eigenvalue weighted by atomic mass is 10.1. The van der Waals surface area contributed by atoms with Crippen molar-refractivity contribution in [3.63, 3.8) is 0 Å². The zero-order valence-corrected chi connectivity index (χ0v) is 22.8. The maximum absolute atomic E-state index is 13.2. The highest BCUT2D eigenvalue weighted by atomic mass is 79.9. The average molecular weight is 635 g/mol. The summed E-state index contributed by atoms with van der Waals surface area (Å²) in [6.45, 7) is 2.48. The molecule has 1 fully saturated rings. The second-order valence-corrected chi connectivity index (χ2v) is 9.82. The summed E-state index contributed by atoms with van der Waals surface area (Å²) in [6, 6.07) is 16.4. The quantitative estimate of drug-likeness (QED) is 0.237. The van der Waals surface area contributed by atoms with Crippen LogP contribution in [0.3, 0.4) is 0 Å². The number of carbonyl (C=O) groups is 3. The van der Waals surface area contributed by atoms with Crippen molar-refractivity contribution in [3.05, 3.63) is 91.3 Å². The zero-order chi connectivity index (χ0) is 25.8. The van der Waals surface area contributed by atoms with Crippen LogP contribution < -0.4 is 19.7 Å². The van der Waals surface area contributed by atoms with Gasteiger partial charge in [-0.05, 0) is 88.6 Å². The Bertz CT molecular complexity index is 1360. The van der Waals surface area contributed by atoms with Gasteiger partial charge in [-0.25, -0.2) is 9.69 Å². The van der Waals surface area contributed by atoms with Gasteiger partial charge in [0.25, 0.3) is 11.8 Å². The van der Waals surface area contributed by atoms with Crippen LogP contribution in [-0.4, -0.2) is 24.5 Å². The maximum Gasteiger partial charge on any atom is 0.335 e. The highest BCUT2D eigenvalue weighted by molar-refractivity contribution is 9.10. The second-order valence-electron chi connectivity index (χ2n) is 7.61. The molecule has 0 saturated carbocycles. The fourth-order valence-corrected chi connectivity index (χ4v) is 4.42. The fraction of sp³-hybridized carbons (Fsp3) is 0.115. The molecular formula is C26H19Br2ClN2O5. The van der Waals surface area contributed by atoms with E-state index in [9.17, 15) is 14.4 Å². The van der Waals surface area contributed by atoms with E-state index in [4.69, 9.17) is 21.1 Å². The first-order chi connectivity index (χ1) is 17.3. The monoisotopic (exact) mass is 632 g/mol. The summed E-state index contributed by atoms with van der Waals surface area (Å²) in [7, 11) is 0. The predicted octanol–water partition coefficient (Wildman–Crippen LogP) is 6.51. The number of carbonyl (C=O) groups excluding carboxylic acids is 3. The molecule has 0 spiro atoms. The number of benzene rings is 3. The van der Waals surface area contributed by atoms with Gasteiger partial charge in [0, 0.05) is 9.50 Å². The first kappa shape index (κ1) is 25.9. The summed E-state index contributed by atoms with van der Waals surface area (Å²) < 4.78 is 13.1. The fourth-order valence-electron chi connectivity index (χ4n) is 3.46. The standard InChI is InChI=1S/C26H19Br2ClN2O5/c1-2-35-22-13-16(12-21(28)23(22)36-14-15-3-7-18(29)8-4-15)11-20-24(32)30-26(34)31(25(20)33)19-9-5-17(27)6-10-19/h3-13H,2,14H2,1H3,(H,30,32,34)/b20-11+. The Kier molecular flexibility index (Phi) is 8.13. The lowest BCUT2D eigenvalue weighted by Gasteiger charge is -2.26. The number of hydrogen-bond acceptors (Lipinski definition) is 5. The van der Waals surface area contributed by atoms with E-state index >= 15 is 0 Å². The molecule has 1 aliphatic rings. The van der Waals surface area contributed by atoms with Crippen molar-refractivity contribution in [3.8, 4) is 11.5 Å². The molecule has 10 heteroatoms. The van der Waals surface area contributed by atoms with Crippen molar-refractivity contribution in [1.29, 1.82) is 0 Å². The number of rotatable bonds is 7. The van der Waals surface area contributed by atoms with E-state index in [-0.39, 0.29) is 12.2 Å². The third-order valence-corrected chi connectivity index (χ3v) is 6.50. The van der Waals surface area contributed by atoms with Gasteiger partial charge in [-0.2, -0.15) is 0 Å². The molecule has 1 N–H and O–H groups in total. The van der Waals surface area contributed by atoms with E-state index < -0.39 is 17.8 Å². The van der Waals surface area contributed by atoms with Crippen molar-refractivity contribution in [2.75, 3.05) is 11.5 Å². The first-order valence-electron chi connectivity index (χ1n) is 10.8. The highest BCUT2D eigenvalue weighted by Crippen LogP contribution is 2.38. The van der Waals surface area contributed by atoms with Crippen LogP contribution in [0.1, 0.15) is 18.1 Å². The topological polar surface area (TPSA) is 84.9 Å². The van der Waals surface area contributed by atoms with E-state index in [1.165, 1.54) is 6.08 Å². The van der Waals surface area contributed by atoms with Crippen LogP contribution in [0.4, 0.5) is 10.5 Å². The van der Waals surface area contributed by atoms with Crippen LogP contribution in [-0.2, 0) is 16.2 Å². The first-order valence-corrected chi connectivity index (χ1v) is 12.7. The van der Waals surface area contributed by atoms with E-state index in [2.05, 4.69) is 37.2 Å². The Balaban J connectivity index is 1.65. The number of anilines is 1. The van der Waals surface area contributed by atoms with Crippen molar-refractivity contribution < 1.29 is 23.9 Å². The van der Waals surface area contributed by atoms with Crippen molar-refractivity contribution in [2.24, 2.45) is 0 Å². The molecule has 0 bridgehead atoms. The molecule has 0 aliphatic carbocycles. The van der Waals surface area contributed by atoms with Gasteiger partial charge in [-0.1, -0.05) is 39.7 Å². The summed E-state index contributed by atoms with van der Waals surface area (Å²) in [6.07, 6.45) is 1.41. The Morgan fingerprint density at radius 3 is 2.33 bits per heavy atom. The van der Waals surface area contributed by atoms with E-state index in [0.717, 1.165) is 14.9 Å². The van der Waals surface area contributed by atoms with Gasteiger partial charge in [0.2, 0.25) is 0 Å². The summed E-state index contributed by atoms with van der Waals surface area (Å²) in [4.78, 5) is 39.1. The normalized spacial score (nSPS) is 14.7. The molecular weight excluding hydrogens is 616 g/mol. The molecule has 0 radical (unpaired) electrons. The van der Waals surface area contributed by atoms with Crippen LogP contribution in [0.2, 0.25) is 5.02 Å². The molecule has 4 amide bonds. The van der Waals surface area contributed by atoms with Crippen LogP contribution in [0.15, 0.2) is 75.2 Å². The zero-order valence-electron chi connectivity index (χ0n) is 18.9. The predicted molar refractivity (Wildman–Crippen MR) is 144 cm³/mol. The minimum Gasteiger partial charge on any atom is -0.490 e. The maximum atomic E-state index is 13.2. The van der Waals surface area contributed by atoms with Crippen molar-refractivity contribution >= 4 is 73.1 Å². The molecule has 3 aromatic carbocycles. The number of nitrogens with zero attached hydrogens (tertiary/aromatic N) is 1. The minimum absolute atomic E-state index is 0.193. The van der Waals surface area contributed by atoms with Crippen LogP contribution in [0.25, 0.3) is 6.08 Å². The van der Waals surface area contributed by atoms with E-state index in [0.29, 0.717) is 38.9 Å². The SMILES string of the molecule is CCOc1cc(/C=C2\C(=O)NC(=O)N(c3ccc(Br)cc3)C2=O)cc(Br)c1OCc1ccc(Cl)cc1. The number of barbiturate groups is 1. The Labute approximate surface area is 229 Å². The number of hydrogen-bond donors (Lipinski definition) is 1. The second kappa shape index (κ2) is 11.3. The molecule has 1 saturated heterocycles. The number of ether oxygens (including phenoxy) is 2. The molecule has 0 aromatic heterocycles. The van der Waals surface area contributed by atoms with E-state index in [1.54, 1.807) is 48.5 Å². The third kappa shape index (κ3) is 5.80. The third-order valence-electron chi connectivity index (χ3n) is 5.13. The number of halogens is 3. The molecule has 0 atom stereocenters. The molecule has 36 heavy (non-hydrogen) atoms. The molecule has 1 aliphatic heterocycles. The molecule has 3 aromatic rings. The van der Waals surface area contributed by atoms with Crippen molar-refractivity contribution in [2.45, 2.75) is 13.5 Å². The number of imide groups is 2. The van der Waals surface area contributed by atoms with Gasteiger partial charge in [-0.15, -0.1) is 0 Å². The summed E-state index contributed by atoms with van der Waals surface area (Å²) in [5.74, 6) is -0.615. The molecule has 0 unspecified atom stereocenters. The minimum atomic E-state index is -0.813. The van der Waals surface area contributed by atoms with Crippen LogP contribution in [0.5, 0.6) is 11.5 Å². The highest BCUT2D eigenvalue weighted by Gasteiger charge is 2.36.